The molecule has 2 aromatic rings. The van der Waals surface area contributed by atoms with Crippen molar-refractivity contribution in [2.45, 2.75) is 11.4 Å². The first-order valence-corrected chi connectivity index (χ1v) is 7.90. The van der Waals surface area contributed by atoms with E-state index in [1.165, 1.54) is 19.2 Å². The lowest BCUT2D eigenvalue weighted by Gasteiger charge is -2.10. The summed E-state index contributed by atoms with van der Waals surface area (Å²) in [4.78, 5) is 22.9. The Bertz CT molecular complexity index is 823. The molecule has 1 heterocycles. The average Bonchev–Trinajstić information content (AvgIpc) is 2.78. The predicted octanol–water partition coefficient (Wildman–Crippen LogP) is 2.32. The number of non-ortho nitro benzene ring substituents is 1. The van der Waals surface area contributed by atoms with Crippen LogP contribution in [0.25, 0.3) is 0 Å². The van der Waals surface area contributed by atoms with E-state index in [1.54, 1.807) is 0 Å². The zero-order chi connectivity index (χ0) is 16.6. The van der Waals surface area contributed by atoms with Crippen LogP contribution in [-0.2, 0) is 17.5 Å². The summed E-state index contributed by atoms with van der Waals surface area (Å²) < 4.78 is 13.2. The first kappa shape index (κ1) is 15.2. The fourth-order valence-corrected chi connectivity index (χ4v) is 3.51. The van der Waals surface area contributed by atoms with Gasteiger partial charge in [0, 0.05) is 25.7 Å². The third-order valence-electron chi connectivity index (χ3n) is 3.56. The van der Waals surface area contributed by atoms with E-state index in [0.717, 1.165) is 9.87 Å². The van der Waals surface area contributed by atoms with Crippen molar-refractivity contribution < 1.29 is 13.9 Å². The van der Waals surface area contributed by atoms with Gasteiger partial charge in [0.15, 0.2) is 11.0 Å². The monoisotopic (exact) mass is 331 g/mol. The van der Waals surface area contributed by atoms with Gasteiger partial charge in [-0.25, -0.2) is 4.21 Å². The van der Waals surface area contributed by atoms with Crippen LogP contribution in [0, 0.1) is 10.1 Å². The molecule has 8 heteroatoms. The van der Waals surface area contributed by atoms with Gasteiger partial charge < -0.3 is 5.32 Å². The normalized spacial score (nSPS) is 16.3. The molecule has 0 spiro atoms. The Balaban J connectivity index is 2.02. The lowest BCUT2D eigenvalue weighted by Crippen LogP contribution is -2.20. The van der Waals surface area contributed by atoms with Crippen molar-refractivity contribution in [1.29, 1.82) is 0 Å². The molecule has 1 aliphatic heterocycles. The van der Waals surface area contributed by atoms with E-state index < -0.39 is 21.8 Å². The third-order valence-corrected chi connectivity index (χ3v) is 4.92. The molecule has 2 aromatic carbocycles. The van der Waals surface area contributed by atoms with Crippen LogP contribution in [0.4, 0.5) is 11.4 Å². The van der Waals surface area contributed by atoms with Crippen LogP contribution in [0.1, 0.15) is 15.9 Å². The van der Waals surface area contributed by atoms with Gasteiger partial charge in [0.25, 0.3) is 11.6 Å². The first-order valence-electron chi connectivity index (χ1n) is 6.79. The van der Waals surface area contributed by atoms with Crippen molar-refractivity contribution >= 4 is 28.3 Å². The third kappa shape index (κ3) is 2.68. The summed E-state index contributed by atoms with van der Waals surface area (Å²) in [5.41, 5.74) is 1.32. The molecule has 0 saturated heterocycles. The van der Waals surface area contributed by atoms with Crippen molar-refractivity contribution in [1.82, 2.24) is 4.31 Å². The number of nitrogens with zero attached hydrogens (tertiary/aromatic N) is 2. The van der Waals surface area contributed by atoms with E-state index in [0.29, 0.717) is 12.2 Å². The van der Waals surface area contributed by atoms with Gasteiger partial charge in [-0.05, 0) is 5.56 Å². The quantitative estimate of drug-likeness (QED) is 0.685. The second-order valence-electron chi connectivity index (χ2n) is 5.01. The van der Waals surface area contributed by atoms with Crippen LogP contribution in [0.15, 0.2) is 47.4 Å². The number of rotatable bonds is 4. The average molecular weight is 331 g/mol. The van der Waals surface area contributed by atoms with E-state index in [9.17, 15) is 19.1 Å². The number of benzene rings is 2. The highest BCUT2D eigenvalue weighted by Gasteiger charge is 2.36. The van der Waals surface area contributed by atoms with Crippen molar-refractivity contribution in [2.75, 3.05) is 12.4 Å². The van der Waals surface area contributed by atoms with E-state index in [1.807, 2.05) is 30.3 Å². The van der Waals surface area contributed by atoms with Gasteiger partial charge in [-0.3, -0.25) is 19.2 Å². The van der Waals surface area contributed by atoms with Gasteiger partial charge in [0.05, 0.1) is 21.1 Å². The highest BCUT2D eigenvalue weighted by molar-refractivity contribution is 7.84. The molecular weight excluding hydrogens is 318 g/mol. The minimum absolute atomic E-state index is 0.169. The number of carbonyl (C=O) groups is 1. The number of nitro groups is 1. The molecule has 1 atom stereocenters. The molecule has 0 bridgehead atoms. The van der Waals surface area contributed by atoms with Crippen LogP contribution >= 0.6 is 0 Å². The SMILES string of the molecule is CN1C(=O)c2c(NCc3ccccc3)cc([N+](=O)[O-])cc2S1=O. The second kappa shape index (κ2) is 5.81. The zero-order valence-corrected chi connectivity index (χ0v) is 13.0. The molecule has 118 valence electrons. The van der Waals surface area contributed by atoms with Crippen molar-refractivity contribution in [2.24, 2.45) is 0 Å². The minimum atomic E-state index is -1.72. The number of nitrogens with one attached hydrogen (secondary N) is 1. The van der Waals surface area contributed by atoms with Crippen LogP contribution in [0.3, 0.4) is 0 Å². The molecule has 0 saturated carbocycles. The molecule has 1 N–H and O–H groups in total. The van der Waals surface area contributed by atoms with Gasteiger partial charge in [0.1, 0.15) is 0 Å². The molecule has 3 rings (SSSR count). The van der Waals surface area contributed by atoms with Gasteiger partial charge in [-0.15, -0.1) is 0 Å². The number of amides is 1. The summed E-state index contributed by atoms with van der Waals surface area (Å²) in [7, 11) is -0.310. The number of hydrogen-bond donors (Lipinski definition) is 1. The van der Waals surface area contributed by atoms with Crippen LogP contribution in [0.5, 0.6) is 0 Å². The summed E-state index contributed by atoms with van der Waals surface area (Å²) in [5.74, 6) is -0.413. The lowest BCUT2D eigenvalue weighted by molar-refractivity contribution is -0.385. The molecule has 23 heavy (non-hydrogen) atoms. The molecule has 1 unspecified atom stereocenters. The lowest BCUT2D eigenvalue weighted by atomic mass is 10.1. The van der Waals surface area contributed by atoms with Gasteiger partial charge in [-0.1, -0.05) is 30.3 Å². The van der Waals surface area contributed by atoms with Gasteiger partial charge in [0.2, 0.25) is 0 Å². The fourth-order valence-electron chi connectivity index (χ4n) is 2.38. The van der Waals surface area contributed by atoms with Crippen LogP contribution in [0.2, 0.25) is 0 Å². The maximum Gasteiger partial charge on any atom is 0.272 e. The Hall–Kier alpha value is -2.74. The maximum atomic E-state index is 12.2. The van der Waals surface area contributed by atoms with Crippen molar-refractivity contribution in [3.05, 3.63) is 63.7 Å². The standard InChI is InChI=1S/C15H13N3O4S/c1-17-15(19)14-12(16-9-10-5-3-2-4-6-10)7-11(18(20)21)8-13(14)23(17)22/h2-8,16H,9H2,1H3. The summed E-state index contributed by atoms with van der Waals surface area (Å²) in [6.45, 7) is 0.401. The highest BCUT2D eigenvalue weighted by atomic mass is 32.2. The molecule has 0 aromatic heterocycles. The van der Waals surface area contributed by atoms with Crippen LogP contribution in [-0.4, -0.2) is 26.4 Å². The summed E-state index contributed by atoms with van der Waals surface area (Å²) >= 11 is 0. The Labute approximate surface area is 134 Å². The highest BCUT2D eigenvalue weighted by Crippen LogP contribution is 2.35. The second-order valence-corrected chi connectivity index (χ2v) is 6.50. The largest absolute Gasteiger partial charge is 0.380 e. The summed E-state index contributed by atoms with van der Waals surface area (Å²) in [6.07, 6.45) is 0. The Kier molecular flexibility index (Phi) is 3.83. The smallest absolute Gasteiger partial charge is 0.272 e. The van der Waals surface area contributed by atoms with Crippen molar-refractivity contribution in [3.63, 3.8) is 0 Å². The molecule has 0 radical (unpaired) electrons. The predicted molar refractivity (Wildman–Crippen MR) is 85.4 cm³/mol. The zero-order valence-electron chi connectivity index (χ0n) is 12.2. The van der Waals surface area contributed by atoms with E-state index in [2.05, 4.69) is 5.32 Å². The fraction of sp³-hybridized carbons (Fsp3) is 0.133. The Morgan fingerprint density at radius 1 is 1.26 bits per heavy atom. The summed E-state index contributed by atoms with van der Waals surface area (Å²) in [6, 6.07) is 11.9. The van der Waals surface area contributed by atoms with E-state index >= 15 is 0 Å². The maximum absolute atomic E-state index is 12.2. The van der Waals surface area contributed by atoms with Crippen LogP contribution < -0.4 is 5.32 Å². The minimum Gasteiger partial charge on any atom is -0.380 e. The van der Waals surface area contributed by atoms with E-state index in [4.69, 9.17) is 0 Å². The molecular formula is C15H13N3O4S. The topological polar surface area (TPSA) is 92.6 Å². The Morgan fingerprint density at radius 3 is 2.61 bits per heavy atom. The van der Waals surface area contributed by atoms with Gasteiger partial charge >= 0.3 is 0 Å². The number of anilines is 1. The number of hydrogen-bond acceptors (Lipinski definition) is 5. The first-order chi connectivity index (χ1) is 11.0. The molecule has 0 aliphatic carbocycles. The molecule has 7 nitrogen and oxygen atoms in total. The summed E-state index contributed by atoms with van der Waals surface area (Å²) in [5, 5.41) is 14.1. The van der Waals surface area contributed by atoms with Crippen molar-refractivity contribution in [3.8, 4) is 0 Å². The molecule has 1 aliphatic rings. The van der Waals surface area contributed by atoms with E-state index in [-0.39, 0.29) is 16.1 Å². The number of fused-ring (bicyclic) bond motifs is 1. The molecule has 0 fully saturated rings. The number of carbonyl (C=O) groups excluding carboxylic acids is 1. The number of nitro benzene ring substituents is 1. The molecule has 1 amide bonds. The van der Waals surface area contributed by atoms with Gasteiger partial charge in [-0.2, -0.15) is 0 Å². The Morgan fingerprint density at radius 2 is 1.96 bits per heavy atom.